The Morgan fingerprint density at radius 3 is 2.07 bits per heavy atom. The Morgan fingerprint density at radius 1 is 1.00 bits per heavy atom. The summed E-state index contributed by atoms with van der Waals surface area (Å²) in [4.78, 5) is 10.3. The highest BCUT2D eigenvalue weighted by Gasteiger charge is 2.17. The molecule has 0 aromatic heterocycles. The zero-order valence-electron chi connectivity index (χ0n) is 14.0. The number of phenols is 1. The van der Waals surface area contributed by atoms with Crippen LogP contribution in [0.15, 0.2) is 83.0 Å². The third kappa shape index (κ3) is 4.37. The second kappa shape index (κ2) is 8.25. The van der Waals surface area contributed by atoms with E-state index in [4.69, 9.17) is 11.6 Å². The van der Waals surface area contributed by atoms with Crippen LogP contribution in [0.3, 0.4) is 0 Å². The van der Waals surface area contributed by atoms with Crippen molar-refractivity contribution in [1.29, 1.82) is 0 Å². The van der Waals surface area contributed by atoms with E-state index < -0.39 is 16.4 Å². The van der Waals surface area contributed by atoms with E-state index in [1.54, 1.807) is 0 Å². The normalized spacial score (nSPS) is 10.7. The van der Waals surface area contributed by atoms with Crippen molar-refractivity contribution < 1.29 is 10.0 Å². The zero-order chi connectivity index (χ0) is 19.2. The summed E-state index contributed by atoms with van der Waals surface area (Å²) in [5.74, 6) is -0.510. The molecule has 3 aromatic carbocycles. The van der Waals surface area contributed by atoms with Gasteiger partial charge in [0.05, 0.1) is 11.1 Å². The molecular formula is C20H14ClN3O3. The maximum atomic E-state index is 11.0. The van der Waals surface area contributed by atoms with Gasteiger partial charge in [0.1, 0.15) is 5.71 Å². The lowest BCUT2D eigenvalue weighted by molar-refractivity contribution is -0.385. The number of hydrogen-bond donors (Lipinski definition) is 1. The molecule has 0 saturated carbocycles. The zero-order valence-corrected chi connectivity index (χ0v) is 14.7. The Hall–Kier alpha value is -3.51. The topological polar surface area (TPSA) is 88.1 Å². The van der Waals surface area contributed by atoms with Crippen LogP contribution in [-0.2, 0) is 0 Å². The molecule has 0 aliphatic rings. The summed E-state index contributed by atoms with van der Waals surface area (Å²) < 4.78 is 0. The molecule has 6 nitrogen and oxygen atoms in total. The minimum absolute atomic E-state index is 0.110. The van der Waals surface area contributed by atoms with E-state index >= 15 is 0 Å². The Labute approximate surface area is 160 Å². The average Bonchev–Trinajstić information content (AvgIpc) is 2.68. The minimum atomic E-state index is -0.707. The number of nitrogens with zero attached hydrogens (tertiary/aromatic N) is 3. The fourth-order valence-electron chi connectivity index (χ4n) is 2.47. The molecule has 0 bridgehead atoms. The van der Waals surface area contributed by atoms with Gasteiger partial charge < -0.3 is 5.11 Å². The van der Waals surface area contributed by atoms with Crippen molar-refractivity contribution in [2.24, 2.45) is 10.2 Å². The molecule has 0 spiro atoms. The molecule has 0 aliphatic heterocycles. The highest BCUT2D eigenvalue weighted by molar-refractivity contribution is 6.31. The summed E-state index contributed by atoms with van der Waals surface area (Å²) in [6, 6.07) is 21.5. The Kier molecular flexibility index (Phi) is 5.58. The van der Waals surface area contributed by atoms with Crippen LogP contribution in [0.1, 0.15) is 16.7 Å². The minimum Gasteiger partial charge on any atom is -0.502 e. The molecule has 1 N–H and O–H groups in total. The first-order chi connectivity index (χ1) is 13.1. The summed E-state index contributed by atoms with van der Waals surface area (Å²) >= 11 is 5.89. The third-order valence-electron chi connectivity index (χ3n) is 3.73. The van der Waals surface area contributed by atoms with Crippen LogP contribution in [-0.4, -0.2) is 22.0 Å². The first-order valence-corrected chi connectivity index (χ1v) is 8.33. The predicted molar refractivity (Wildman–Crippen MR) is 106 cm³/mol. The first-order valence-electron chi connectivity index (χ1n) is 7.95. The molecule has 0 amide bonds. The molecule has 0 atom stereocenters. The largest absolute Gasteiger partial charge is 0.502 e. The van der Waals surface area contributed by atoms with Crippen molar-refractivity contribution in [3.8, 4) is 5.75 Å². The first kappa shape index (κ1) is 18.3. The summed E-state index contributed by atoms with van der Waals surface area (Å²) in [5, 5.41) is 29.4. The van der Waals surface area contributed by atoms with Gasteiger partial charge in [-0.3, -0.25) is 10.1 Å². The van der Waals surface area contributed by atoms with Crippen molar-refractivity contribution in [2.75, 3.05) is 0 Å². The number of phenolic OH excluding ortho intramolecular Hbond substituents is 1. The summed E-state index contributed by atoms with van der Waals surface area (Å²) in [5.41, 5.74) is 1.98. The molecule has 134 valence electrons. The van der Waals surface area contributed by atoms with Gasteiger partial charge in [0.2, 0.25) is 5.75 Å². The number of rotatable bonds is 5. The molecule has 0 radical (unpaired) electrons. The van der Waals surface area contributed by atoms with Crippen molar-refractivity contribution in [3.05, 3.63) is 105 Å². The summed E-state index contributed by atoms with van der Waals surface area (Å²) in [6.45, 7) is 0. The Balaban J connectivity index is 2.02. The number of aromatic hydroxyl groups is 1. The van der Waals surface area contributed by atoms with Crippen LogP contribution < -0.4 is 0 Å². The van der Waals surface area contributed by atoms with Crippen LogP contribution in [0.5, 0.6) is 5.75 Å². The van der Waals surface area contributed by atoms with E-state index in [0.29, 0.717) is 5.71 Å². The number of hydrogen-bond acceptors (Lipinski definition) is 5. The summed E-state index contributed by atoms with van der Waals surface area (Å²) in [7, 11) is 0. The van der Waals surface area contributed by atoms with Gasteiger partial charge in [0, 0.05) is 27.8 Å². The van der Waals surface area contributed by atoms with E-state index in [0.717, 1.165) is 17.2 Å². The fraction of sp³-hybridized carbons (Fsp3) is 0. The summed E-state index contributed by atoms with van der Waals surface area (Å²) in [6.07, 6.45) is 1.24. The molecule has 0 aliphatic carbocycles. The third-order valence-corrected chi connectivity index (χ3v) is 3.95. The lowest BCUT2D eigenvalue weighted by Crippen LogP contribution is -2.02. The molecule has 0 fully saturated rings. The number of benzene rings is 3. The second-order valence-corrected chi connectivity index (χ2v) is 5.98. The molecular weight excluding hydrogens is 366 g/mol. The van der Waals surface area contributed by atoms with Crippen LogP contribution in [0.2, 0.25) is 5.02 Å². The van der Waals surface area contributed by atoms with Crippen LogP contribution in [0.4, 0.5) is 5.69 Å². The maximum absolute atomic E-state index is 11.0. The lowest BCUT2D eigenvalue weighted by Gasteiger charge is -2.05. The van der Waals surface area contributed by atoms with Crippen LogP contribution >= 0.6 is 11.6 Å². The van der Waals surface area contributed by atoms with E-state index in [-0.39, 0.29) is 10.6 Å². The van der Waals surface area contributed by atoms with E-state index in [1.165, 1.54) is 12.3 Å². The molecule has 27 heavy (non-hydrogen) atoms. The number of nitro groups is 1. The molecule has 0 saturated heterocycles. The number of nitro benzene ring substituents is 1. The van der Waals surface area contributed by atoms with Gasteiger partial charge >= 0.3 is 5.69 Å². The SMILES string of the molecule is O=[N+]([O-])c1cc(Cl)cc(/C=N\N=C(c2ccccc2)c2ccccc2)c1O. The van der Waals surface area contributed by atoms with Gasteiger partial charge in [-0.05, 0) is 6.07 Å². The highest BCUT2D eigenvalue weighted by atomic mass is 35.5. The van der Waals surface area contributed by atoms with Gasteiger partial charge in [0.25, 0.3) is 0 Å². The van der Waals surface area contributed by atoms with Gasteiger partial charge in [-0.15, -0.1) is 5.10 Å². The smallest absolute Gasteiger partial charge is 0.312 e. The number of halogens is 1. The standard InChI is InChI=1S/C20H14ClN3O3/c21-17-11-16(20(25)18(12-17)24(26)27)13-22-23-19(14-7-3-1-4-8-14)15-9-5-2-6-10-15/h1-13,25H/b22-13-. The van der Waals surface area contributed by atoms with Crippen molar-refractivity contribution in [2.45, 2.75) is 0 Å². The van der Waals surface area contributed by atoms with Crippen molar-refractivity contribution >= 4 is 29.2 Å². The fourth-order valence-corrected chi connectivity index (χ4v) is 2.69. The average molecular weight is 380 g/mol. The van der Waals surface area contributed by atoms with Crippen molar-refractivity contribution in [3.63, 3.8) is 0 Å². The van der Waals surface area contributed by atoms with Gasteiger partial charge in [0.15, 0.2) is 0 Å². The van der Waals surface area contributed by atoms with Crippen LogP contribution in [0, 0.1) is 10.1 Å². The van der Waals surface area contributed by atoms with Gasteiger partial charge in [-0.2, -0.15) is 5.10 Å². The van der Waals surface area contributed by atoms with Gasteiger partial charge in [-0.25, -0.2) is 0 Å². The molecule has 7 heteroatoms. The van der Waals surface area contributed by atoms with Gasteiger partial charge in [-0.1, -0.05) is 72.3 Å². The molecule has 3 aromatic rings. The lowest BCUT2D eigenvalue weighted by atomic mass is 10.0. The monoisotopic (exact) mass is 379 g/mol. The Bertz CT molecular complexity index is 978. The van der Waals surface area contributed by atoms with E-state index in [9.17, 15) is 15.2 Å². The maximum Gasteiger partial charge on any atom is 0.312 e. The second-order valence-electron chi connectivity index (χ2n) is 5.55. The Morgan fingerprint density at radius 2 is 1.56 bits per heavy atom. The molecule has 0 unspecified atom stereocenters. The highest BCUT2D eigenvalue weighted by Crippen LogP contribution is 2.32. The molecule has 3 rings (SSSR count). The van der Waals surface area contributed by atoms with E-state index in [1.807, 2.05) is 60.7 Å². The molecule has 0 heterocycles. The predicted octanol–water partition coefficient (Wildman–Crippen LogP) is 4.83. The quantitative estimate of drug-likeness (QED) is 0.391. The van der Waals surface area contributed by atoms with Crippen LogP contribution in [0.25, 0.3) is 0 Å². The van der Waals surface area contributed by atoms with Crippen molar-refractivity contribution in [1.82, 2.24) is 0 Å². The van der Waals surface area contributed by atoms with E-state index in [2.05, 4.69) is 10.2 Å².